The van der Waals surface area contributed by atoms with Crippen LogP contribution in [0, 0.1) is 0 Å². The molecule has 5 nitrogen and oxygen atoms in total. The minimum absolute atomic E-state index is 0.000671. The Balaban J connectivity index is 3.22. The number of carboxylic acids is 2. The number of carbonyl (C=O) groups is 2. The van der Waals surface area contributed by atoms with Crippen LogP contribution in [0.4, 0.5) is 0 Å². The SMILES string of the molecule is Cn1c(Br)cc(CC(=O)O)c1C(=O)O. The van der Waals surface area contributed by atoms with E-state index >= 15 is 0 Å². The average Bonchev–Trinajstić information content (AvgIpc) is 2.26. The van der Waals surface area contributed by atoms with Gasteiger partial charge in [0, 0.05) is 7.05 Å². The molecule has 0 aliphatic carbocycles. The number of aliphatic carboxylic acids is 1. The summed E-state index contributed by atoms with van der Waals surface area (Å²) < 4.78 is 1.94. The van der Waals surface area contributed by atoms with Crippen LogP contribution >= 0.6 is 15.9 Å². The van der Waals surface area contributed by atoms with Crippen LogP contribution in [0.25, 0.3) is 0 Å². The summed E-state index contributed by atoms with van der Waals surface area (Å²) >= 11 is 3.13. The summed E-state index contributed by atoms with van der Waals surface area (Å²) in [6, 6.07) is 1.50. The molecule has 76 valence electrons. The molecule has 0 unspecified atom stereocenters. The number of rotatable bonds is 3. The van der Waals surface area contributed by atoms with Gasteiger partial charge in [0.25, 0.3) is 0 Å². The second-order valence-electron chi connectivity index (χ2n) is 2.78. The molecular weight excluding hydrogens is 254 g/mol. The van der Waals surface area contributed by atoms with Gasteiger partial charge in [0.05, 0.1) is 11.0 Å². The zero-order chi connectivity index (χ0) is 10.9. The first-order valence-electron chi connectivity index (χ1n) is 3.72. The third kappa shape index (κ3) is 1.95. The van der Waals surface area contributed by atoms with E-state index in [-0.39, 0.29) is 12.1 Å². The Hall–Kier alpha value is -1.30. The quantitative estimate of drug-likeness (QED) is 0.855. The van der Waals surface area contributed by atoms with Crippen molar-refractivity contribution in [1.29, 1.82) is 0 Å². The second kappa shape index (κ2) is 3.83. The Labute approximate surface area is 88.1 Å². The van der Waals surface area contributed by atoms with Crippen LogP contribution in [-0.2, 0) is 18.3 Å². The maximum atomic E-state index is 10.8. The van der Waals surface area contributed by atoms with Gasteiger partial charge in [-0.2, -0.15) is 0 Å². The average molecular weight is 262 g/mol. The van der Waals surface area contributed by atoms with E-state index in [1.54, 1.807) is 7.05 Å². The topological polar surface area (TPSA) is 79.5 Å². The molecule has 6 heteroatoms. The van der Waals surface area contributed by atoms with Gasteiger partial charge in [-0.3, -0.25) is 4.79 Å². The zero-order valence-electron chi connectivity index (χ0n) is 7.32. The molecule has 1 rings (SSSR count). The van der Waals surface area contributed by atoms with Crippen molar-refractivity contribution in [3.63, 3.8) is 0 Å². The molecule has 0 spiro atoms. The molecular formula is C8H8BrNO4. The van der Waals surface area contributed by atoms with Gasteiger partial charge in [0.2, 0.25) is 0 Å². The van der Waals surface area contributed by atoms with Crippen LogP contribution in [-0.4, -0.2) is 26.7 Å². The Morgan fingerprint density at radius 2 is 2.07 bits per heavy atom. The molecule has 2 N–H and O–H groups in total. The third-order valence-electron chi connectivity index (χ3n) is 1.80. The highest BCUT2D eigenvalue weighted by Gasteiger charge is 2.18. The fourth-order valence-electron chi connectivity index (χ4n) is 1.21. The second-order valence-corrected chi connectivity index (χ2v) is 3.59. The molecule has 0 saturated carbocycles. The number of halogens is 1. The van der Waals surface area contributed by atoms with Gasteiger partial charge >= 0.3 is 11.9 Å². The summed E-state index contributed by atoms with van der Waals surface area (Å²) in [5.74, 6) is -2.18. The lowest BCUT2D eigenvalue weighted by Crippen LogP contribution is -2.10. The first-order chi connectivity index (χ1) is 6.43. The number of carboxylic acid groups (broad SMARTS) is 2. The molecule has 0 fully saturated rings. The summed E-state index contributed by atoms with van der Waals surface area (Å²) in [5.41, 5.74) is 0.290. The van der Waals surface area contributed by atoms with Crippen LogP contribution in [0.15, 0.2) is 10.7 Å². The van der Waals surface area contributed by atoms with Crippen molar-refractivity contribution in [3.05, 3.63) is 21.9 Å². The maximum absolute atomic E-state index is 10.8. The number of aromatic carboxylic acids is 1. The number of hydrogen-bond donors (Lipinski definition) is 2. The fourth-order valence-corrected chi connectivity index (χ4v) is 1.66. The molecule has 0 saturated heterocycles. The van der Waals surface area contributed by atoms with Crippen molar-refractivity contribution in [3.8, 4) is 0 Å². The van der Waals surface area contributed by atoms with Crippen LogP contribution in [0.3, 0.4) is 0 Å². The highest BCUT2D eigenvalue weighted by atomic mass is 79.9. The van der Waals surface area contributed by atoms with Crippen LogP contribution in [0.1, 0.15) is 16.1 Å². The monoisotopic (exact) mass is 261 g/mol. The summed E-state index contributed by atoms with van der Waals surface area (Å²) in [6.45, 7) is 0. The summed E-state index contributed by atoms with van der Waals surface area (Å²) in [6.07, 6.45) is -0.291. The molecule has 0 aliphatic rings. The van der Waals surface area contributed by atoms with Gasteiger partial charge in [0.1, 0.15) is 5.69 Å². The Morgan fingerprint density at radius 1 is 1.50 bits per heavy atom. The number of aromatic nitrogens is 1. The van der Waals surface area contributed by atoms with Crippen molar-refractivity contribution in [2.45, 2.75) is 6.42 Å². The molecule has 1 heterocycles. The predicted octanol–water partition coefficient (Wildman–Crippen LogP) is 1.11. The van der Waals surface area contributed by atoms with Gasteiger partial charge < -0.3 is 14.8 Å². The first kappa shape index (κ1) is 10.8. The van der Waals surface area contributed by atoms with Crippen LogP contribution < -0.4 is 0 Å². The van der Waals surface area contributed by atoms with Gasteiger partial charge in [-0.15, -0.1) is 0 Å². The Bertz CT molecular complexity index is 396. The van der Waals surface area contributed by atoms with E-state index < -0.39 is 11.9 Å². The van der Waals surface area contributed by atoms with Crippen LogP contribution in [0.2, 0.25) is 0 Å². The molecule has 0 radical (unpaired) electrons. The fraction of sp³-hybridized carbons (Fsp3) is 0.250. The molecule has 0 amide bonds. The minimum atomic E-state index is -1.13. The van der Waals surface area contributed by atoms with E-state index in [4.69, 9.17) is 10.2 Å². The lowest BCUT2D eigenvalue weighted by Gasteiger charge is -2.00. The lowest BCUT2D eigenvalue weighted by molar-refractivity contribution is -0.136. The maximum Gasteiger partial charge on any atom is 0.352 e. The zero-order valence-corrected chi connectivity index (χ0v) is 8.91. The van der Waals surface area contributed by atoms with E-state index in [2.05, 4.69) is 15.9 Å². The minimum Gasteiger partial charge on any atom is -0.481 e. The van der Waals surface area contributed by atoms with Gasteiger partial charge in [-0.25, -0.2) is 4.79 Å². The molecule has 0 aliphatic heterocycles. The van der Waals surface area contributed by atoms with Crippen molar-refractivity contribution in [2.24, 2.45) is 7.05 Å². The summed E-state index contributed by atoms with van der Waals surface area (Å²) in [7, 11) is 1.55. The predicted molar refractivity (Wildman–Crippen MR) is 51.4 cm³/mol. The molecule has 0 atom stereocenters. The summed E-state index contributed by atoms with van der Waals surface area (Å²) in [5, 5.41) is 17.4. The van der Waals surface area contributed by atoms with Gasteiger partial charge in [-0.05, 0) is 27.6 Å². The first-order valence-corrected chi connectivity index (χ1v) is 4.52. The third-order valence-corrected chi connectivity index (χ3v) is 2.56. The van der Waals surface area contributed by atoms with Gasteiger partial charge in [0.15, 0.2) is 0 Å². The highest BCUT2D eigenvalue weighted by molar-refractivity contribution is 9.10. The number of hydrogen-bond acceptors (Lipinski definition) is 2. The highest BCUT2D eigenvalue weighted by Crippen LogP contribution is 2.20. The molecule has 0 bridgehead atoms. The Morgan fingerprint density at radius 3 is 2.50 bits per heavy atom. The van der Waals surface area contributed by atoms with Crippen molar-refractivity contribution in [2.75, 3.05) is 0 Å². The molecule has 1 aromatic rings. The largest absolute Gasteiger partial charge is 0.481 e. The molecule has 14 heavy (non-hydrogen) atoms. The van der Waals surface area contributed by atoms with Gasteiger partial charge in [-0.1, -0.05) is 0 Å². The van der Waals surface area contributed by atoms with E-state index in [9.17, 15) is 9.59 Å². The van der Waals surface area contributed by atoms with E-state index in [1.807, 2.05) is 0 Å². The van der Waals surface area contributed by atoms with Crippen molar-refractivity contribution >= 4 is 27.9 Å². The number of nitrogens with zero attached hydrogens (tertiary/aromatic N) is 1. The molecule has 1 aromatic heterocycles. The Kier molecular flexibility index (Phi) is 2.95. The smallest absolute Gasteiger partial charge is 0.352 e. The van der Waals surface area contributed by atoms with E-state index in [0.29, 0.717) is 10.2 Å². The standard InChI is InChI=1S/C8H8BrNO4/c1-10-5(9)2-4(3-6(11)12)7(10)8(13)14/h2H,3H2,1H3,(H,11,12)(H,13,14). The van der Waals surface area contributed by atoms with Crippen molar-refractivity contribution < 1.29 is 19.8 Å². The van der Waals surface area contributed by atoms with E-state index in [0.717, 1.165) is 0 Å². The molecule has 0 aromatic carbocycles. The normalized spacial score (nSPS) is 10.1. The lowest BCUT2D eigenvalue weighted by atomic mass is 10.2. The van der Waals surface area contributed by atoms with E-state index in [1.165, 1.54) is 10.6 Å². The summed E-state index contributed by atoms with van der Waals surface area (Å²) in [4.78, 5) is 21.2. The van der Waals surface area contributed by atoms with Crippen molar-refractivity contribution in [1.82, 2.24) is 4.57 Å². The van der Waals surface area contributed by atoms with Crippen LogP contribution in [0.5, 0.6) is 0 Å².